The number of carbonyl (C=O) groups excluding carboxylic acids is 1. The van der Waals surface area contributed by atoms with Gasteiger partial charge in [0.05, 0.1) is 29.1 Å². The molecule has 1 fully saturated rings. The summed E-state index contributed by atoms with van der Waals surface area (Å²) in [6.45, 7) is 6.79. The van der Waals surface area contributed by atoms with E-state index in [9.17, 15) is 30.1 Å². The van der Waals surface area contributed by atoms with Crippen molar-refractivity contribution >= 4 is 28.5 Å². The summed E-state index contributed by atoms with van der Waals surface area (Å²) in [5.74, 6) is 0. The van der Waals surface area contributed by atoms with Crippen LogP contribution in [0.15, 0.2) is 16.9 Å². The van der Waals surface area contributed by atoms with E-state index >= 15 is 0 Å². The number of fused-ring (bicyclic) bond motifs is 1. The molecule has 3 rings (SSSR count). The molecule has 0 radical (unpaired) electrons. The van der Waals surface area contributed by atoms with Crippen molar-refractivity contribution in [1.29, 1.82) is 5.26 Å². The maximum Gasteiger partial charge on any atom is 0.410 e. The Morgan fingerprint density at radius 3 is 2.56 bits per heavy atom. The van der Waals surface area contributed by atoms with Gasteiger partial charge in [0, 0.05) is 20.1 Å². The molecular formula is C22H28N6O6. The predicted molar refractivity (Wildman–Crippen MR) is 124 cm³/mol. The largest absolute Gasteiger partial charge is 0.444 e. The van der Waals surface area contributed by atoms with Crippen LogP contribution in [0.3, 0.4) is 0 Å². The van der Waals surface area contributed by atoms with E-state index in [0.717, 1.165) is 4.57 Å². The maximum atomic E-state index is 13.0. The summed E-state index contributed by atoms with van der Waals surface area (Å²) in [4.78, 5) is 44.4. The van der Waals surface area contributed by atoms with Gasteiger partial charge in [0.15, 0.2) is 5.69 Å². The average Bonchev–Trinajstić information content (AvgIpc) is 2.78. The second kappa shape index (κ2) is 9.26. The fourth-order valence-corrected chi connectivity index (χ4v) is 4.15. The van der Waals surface area contributed by atoms with Gasteiger partial charge in [0.2, 0.25) is 0 Å². The molecule has 12 heteroatoms. The summed E-state index contributed by atoms with van der Waals surface area (Å²) in [5, 5.41) is 31.6. The number of pyridine rings is 2. The molecule has 3 heterocycles. The first kappa shape index (κ1) is 24.9. The SMILES string of the molecule is CC[C@@H]1CN(c2c([N+](=O)[O-])c(=O)n(C)c3ccc(C#N)nc23)[C@H](CO)CN1C(=O)OC(C)(C)C. The Labute approximate surface area is 196 Å². The van der Waals surface area contributed by atoms with Gasteiger partial charge in [-0.05, 0) is 39.3 Å². The normalized spacial score (nSPS) is 18.6. The lowest BCUT2D eigenvalue weighted by Crippen LogP contribution is -2.62. The molecule has 2 aromatic heterocycles. The Morgan fingerprint density at radius 2 is 2.03 bits per heavy atom. The number of piperazine rings is 1. The monoisotopic (exact) mass is 472 g/mol. The number of rotatable bonds is 4. The zero-order chi connectivity index (χ0) is 25.4. The van der Waals surface area contributed by atoms with Crippen LogP contribution >= 0.6 is 0 Å². The first-order chi connectivity index (χ1) is 15.9. The topological polar surface area (TPSA) is 155 Å². The Morgan fingerprint density at radius 1 is 1.35 bits per heavy atom. The Kier molecular flexibility index (Phi) is 6.79. The Balaban J connectivity index is 2.22. The molecule has 182 valence electrons. The lowest BCUT2D eigenvalue weighted by atomic mass is 10.0. The highest BCUT2D eigenvalue weighted by Crippen LogP contribution is 2.36. The van der Waals surface area contributed by atoms with Crippen LogP contribution < -0.4 is 10.5 Å². The molecule has 1 N–H and O–H groups in total. The van der Waals surface area contributed by atoms with Crippen LogP contribution in [0, 0.1) is 21.4 Å². The molecule has 2 atom stereocenters. The third-order valence-corrected chi connectivity index (χ3v) is 5.78. The molecule has 1 saturated heterocycles. The summed E-state index contributed by atoms with van der Waals surface area (Å²) in [5.41, 5.74) is -1.88. The number of hydrogen-bond donors (Lipinski definition) is 1. The van der Waals surface area contributed by atoms with Gasteiger partial charge < -0.3 is 24.2 Å². The minimum atomic E-state index is -0.835. The fraction of sp³-hybridized carbons (Fsp3) is 0.545. The van der Waals surface area contributed by atoms with Gasteiger partial charge in [0.25, 0.3) is 0 Å². The van der Waals surface area contributed by atoms with Gasteiger partial charge in [0.1, 0.15) is 22.9 Å². The van der Waals surface area contributed by atoms with E-state index in [-0.39, 0.29) is 30.0 Å². The van der Waals surface area contributed by atoms with Crippen molar-refractivity contribution in [2.45, 2.75) is 51.8 Å². The molecule has 0 bridgehead atoms. The lowest BCUT2D eigenvalue weighted by molar-refractivity contribution is -0.385. The maximum absolute atomic E-state index is 13.0. The van der Waals surface area contributed by atoms with E-state index in [2.05, 4.69) is 4.98 Å². The highest BCUT2D eigenvalue weighted by atomic mass is 16.6. The molecule has 0 aliphatic carbocycles. The lowest BCUT2D eigenvalue weighted by Gasteiger charge is -2.46. The van der Waals surface area contributed by atoms with Crippen LogP contribution in [0.1, 0.15) is 39.8 Å². The molecule has 1 aliphatic rings. The van der Waals surface area contributed by atoms with Crippen LogP contribution in [0.5, 0.6) is 0 Å². The minimum absolute atomic E-state index is 0.0235. The molecule has 1 aliphatic heterocycles. The van der Waals surface area contributed by atoms with E-state index < -0.39 is 46.6 Å². The molecule has 0 aromatic carbocycles. The summed E-state index contributed by atoms with van der Waals surface area (Å²) in [6, 6.07) is 3.68. The van der Waals surface area contributed by atoms with Crippen LogP contribution in [0.2, 0.25) is 0 Å². The van der Waals surface area contributed by atoms with E-state index in [0.29, 0.717) is 11.9 Å². The summed E-state index contributed by atoms with van der Waals surface area (Å²) in [7, 11) is 1.40. The zero-order valence-corrected chi connectivity index (χ0v) is 19.8. The van der Waals surface area contributed by atoms with Crippen molar-refractivity contribution < 1.29 is 19.6 Å². The number of ether oxygens (including phenoxy) is 1. The van der Waals surface area contributed by atoms with Crippen molar-refractivity contribution in [3.63, 3.8) is 0 Å². The first-order valence-electron chi connectivity index (χ1n) is 10.9. The van der Waals surface area contributed by atoms with Crippen LogP contribution in [0.4, 0.5) is 16.2 Å². The van der Waals surface area contributed by atoms with Gasteiger partial charge in [-0.1, -0.05) is 6.92 Å². The minimum Gasteiger partial charge on any atom is -0.444 e. The molecule has 0 spiro atoms. The van der Waals surface area contributed by atoms with Gasteiger partial charge >= 0.3 is 17.3 Å². The van der Waals surface area contributed by atoms with E-state index in [4.69, 9.17) is 4.74 Å². The van der Waals surface area contributed by atoms with Crippen LogP contribution in [0.25, 0.3) is 11.0 Å². The van der Waals surface area contributed by atoms with Crippen molar-refractivity contribution in [3.05, 3.63) is 38.3 Å². The molecular weight excluding hydrogens is 444 g/mol. The summed E-state index contributed by atoms with van der Waals surface area (Å²) in [6.07, 6.45) is -0.0490. The average molecular weight is 473 g/mol. The number of aliphatic hydroxyl groups excluding tert-OH is 1. The molecule has 12 nitrogen and oxygen atoms in total. The number of carbonyl (C=O) groups is 1. The standard InChI is InChI=1S/C22H28N6O6/c1-6-14-10-26(15(12-29)11-27(14)21(31)34-22(2,3)4)18-17-16(8-7-13(9-23)24-17)25(5)20(30)19(18)28(32)33/h7-8,14-15,29H,6,10-12H2,1-5H3/t14-,15+/m1/s1. The number of hydrogen-bond acceptors (Lipinski definition) is 9. The van der Waals surface area contributed by atoms with Crippen molar-refractivity contribution in [2.24, 2.45) is 7.05 Å². The fourth-order valence-electron chi connectivity index (χ4n) is 4.15. The van der Waals surface area contributed by atoms with Crippen LogP contribution in [-0.4, -0.2) is 68.0 Å². The second-order valence-corrected chi connectivity index (χ2v) is 9.18. The van der Waals surface area contributed by atoms with Gasteiger partial charge in [-0.25, -0.2) is 9.78 Å². The number of aryl methyl sites for hydroxylation is 1. The third kappa shape index (κ3) is 4.51. The molecule has 1 amide bonds. The van der Waals surface area contributed by atoms with Gasteiger partial charge in [-0.15, -0.1) is 0 Å². The van der Waals surface area contributed by atoms with E-state index in [1.54, 1.807) is 25.7 Å². The molecule has 0 unspecified atom stereocenters. The predicted octanol–water partition coefficient (Wildman–Crippen LogP) is 1.91. The zero-order valence-electron chi connectivity index (χ0n) is 19.8. The highest BCUT2D eigenvalue weighted by Gasteiger charge is 2.41. The van der Waals surface area contributed by atoms with Crippen LogP contribution in [-0.2, 0) is 11.8 Å². The number of aliphatic hydroxyl groups is 1. The van der Waals surface area contributed by atoms with Gasteiger partial charge in [-0.2, -0.15) is 5.26 Å². The third-order valence-electron chi connectivity index (χ3n) is 5.78. The number of nitro groups is 1. The number of nitrogens with zero attached hydrogens (tertiary/aromatic N) is 6. The van der Waals surface area contributed by atoms with Crippen molar-refractivity contribution in [2.75, 3.05) is 24.6 Å². The quantitative estimate of drug-likeness (QED) is 0.519. The molecule has 0 saturated carbocycles. The van der Waals surface area contributed by atoms with E-state index in [1.165, 1.54) is 24.1 Å². The second-order valence-electron chi connectivity index (χ2n) is 9.18. The van der Waals surface area contributed by atoms with Crippen molar-refractivity contribution in [3.8, 4) is 6.07 Å². The molecule has 2 aromatic rings. The van der Waals surface area contributed by atoms with Crippen molar-refractivity contribution in [1.82, 2.24) is 14.5 Å². The number of nitriles is 1. The number of anilines is 1. The Bertz CT molecular complexity index is 1230. The first-order valence-corrected chi connectivity index (χ1v) is 10.9. The number of aromatic nitrogens is 2. The Hall–Kier alpha value is -3.72. The summed E-state index contributed by atoms with van der Waals surface area (Å²) < 4.78 is 6.64. The smallest absolute Gasteiger partial charge is 0.410 e. The summed E-state index contributed by atoms with van der Waals surface area (Å²) >= 11 is 0. The van der Waals surface area contributed by atoms with Gasteiger partial charge in [-0.3, -0.25) is 14.9 Å². The highest BCUT2D eigenvalue weighted by molar-refractivity contribution is 5.94. The number of amides is 1. The molecule has 34 heavy (non-hydrogen) atoms. The van der Waals surface area contributed by atoms with E-state index in [1.807, 2.05) is 13.0 Å².